The van der Waals surface area contributed by atoms with Crippen molar-refractivity contribution in [1.29, 1.82) is 0 Å². The number of ether oxygens (including phenoxy) is 1. The molecular formula is C14H20N4O2. The van der Waals surface area contributed by atoms with Gasteiger partial charge in [0.05, 0.1) is 24.3 Å². The molecule has 6 nitrogen and oxygen atoms in total. The summed E-state index contributed by atoms with van der Waals surface area (Å²) in [6.45, 7) is 1.25. The minimum Gasteiger partial charge on any atom is -0.374 e. The summed E-state index contributed by atoms with van der Waals surface area (Å²) in [5.41, 5.74) is 3.03. The Hall–Kier alpha value is -1.66. The van der Waals surface area contributed by atoms with Crippen molar-refractivity contribution in [2.24, 2.45) is 5.84 Å². The van der Waals surface area contributed by atoms with Crippen molar-refractivity contribution in [2.45, 2.75) is 37.8 Å². The minimum atomic E-state index is -0.00810. The van der Waals surface area contributed by atoms with E-state index in [-0.39, 0.29) is 18.1 Å². The highest BCUT2D eigenvalue weighted by Crippen LogP contribution is 2.30. The van der Waals surface area contributed by atoms with Crippen LogP contribution in [0.4, 0.5) is 5.82 Å². The second-order valence-corrected chi connectivity index (χ2v) is 5.30. The van der Waals surface area contributed by atoms with Crippen LogP contribution in [0.2, 0.25) is 0 Å². The lowest BCUT2D eigenvalue weighted by Crippen LogP contribution is -2.54. The number of amides is 1. The molecule has 0 aromatic carbocycles. The van der Waals surface area contributed by atoms with Gasteiger partial charge in [-0.1, -0.05) is 12.8 Å². The van der Waals surface area contributed by atoms with Crippen LogP contribution in [0.1, 0.15) is 36.0 Å². The number of anilines is 1. The Balaban J connectivity index is 1.85. The van der Waals surface area contributed by atoms with Crippen LogP contribution in [0.25, 0.3) is 0 Å². The lowest BCUT2D eigenvalue weighted by molar-refractivity contribution is -0.0752. The van der Waals surface area contributed by atoms with E-state index in [1.54, 1.807) is 18.3 Å². The Labute approximate surface area is 118 Å². The van der Waals surface area contributed by atoms with Crippen molar-refractivity contribution in [2.75, 3.05) is 18.6 Å². The van der Waals surface area contributed by atoms with Gasteiger partial charge in [-0.25, -0.2) is 10.8 Å². The van der Waals surface area contributed by atoms with Crippen LogP contribution >= 0.6 is 0 Å². The maximum absolute atomic E-state index is 12.8. The molecule has 0 spiro atoms. The monoisotopic (exact) mass is 276 g/mol. The van der Waals surface area contributed by atoms with E-state index in [4.69, 9.17) is 10.6 Å². The second-order valence-electron chi connectivity index (χ2n) is 5.30. The molecule has 3 N–H and O–H groups in total. The van der Waals surface area contributed by atoms with E-state index in [1.807, 2.05) is 4.90 Å². The quantitative estimate of drug-likeness (QED) is 0.625. The van der Waals surface area contributed by atoms with E-state index in [0.29, 0.717) is 24.5 Å². The van der Waals surface area contributed by atoms with E-state index >= 15 is 0 Å². The number of rotatable bonds is 2. The first kappa shape index (κ1) is 13.3. The molecule has 2 fully saturated rings. The molecule has 0 radical (unpaired) electrons. The van der Waals surface area contributed by atoms with Gasteiger partial charge in [-0.15, -0.1) is 0 Å². The number of nitrogens with one attached hydrogen (secondary N) is 1. The van der Waals surface area contributed by atoms with E-state index in [0.717, 1.165) is 19.3 Å². The normalized spacial score (nSPS) is 25.9. The lowest BCUT2D eigenvalue weighted by Gasteiger charge is -2.43. The van der Waals surface area contributed by atoms with Crippen LogP contribution in [0.15, 0.2) is 18.3 Å². The Morgan fingerprint density at radius 1 is 1.45 bits per heavy atom. The highest BCUT2D eigenvalue weighted by molar-refractivity contribution is 5.98. The predicted octanol–water partition coefficient (Wildman–Crippen LogP) is 1.15. The maximum Gasteiger partial charge on any atom is 0.258 e. The van der Waals surface area contributed by atoms with Gasteiger partial charge >= 0.3 is 0 Å². The predicted molar refractivity (Wildman–Crippen MR) is 75.1 cm³/mol. The highest BCUT2D eigenvalue weighted by Gasteiger charge is 2.37. The van der Waals surface area contributed by atoms with Crippen LogP contribution in [-0.4, -0.2) is 41.1 Å². The van der Waals surface area contributed by atoms with Gasteiger partial charge in [0.25, 0.3) is 5.91 Å². The largest absolute Gasteiger partial charge is 0.374 e. The highest BCUT2D eigenvalue weighted by atomic mass is 16.5. The summed E-state index contributed by atoms with van der Waals surface area (Å²) >= 11 is 0. The summed E-state index contributed by atoms with van der Waals surface area (Å²) in [5.74, 6) is 5.86. The number of nitrogen functional groups attached to an aromatic ring is 1. The number of fused-ring (bicyclic) bond motifs is 1. The van der Waals surface area contributed by atoms with Crippen molar-refractivity contribution in [1.82, 2.24) is 9.88 Å². The van der Waals surface area contributed by atoms with E-state index in [2.05, 4.69) is 10.4 Å². The number of hydrogen-bond donors (Lipinski definition) is 2. The molecular weight excluding hydrogens is 256 g/mol. The van der Waals surface area contributed by atoms with E-state index in [1.165, 1.54) is 6.42 Å². The molecule has 2 heterocycles. The first-order valence-corrected chi connectivity index (χ1v) is 7.15. The maximum atomic E-state index is 12.8. The van der Waals surface area contributed by atoms with Crippen LogP contribution in [-0.2, 0) is 4.74 Å². The summed E-state index contributed by atoms with van der Waals surface area (Å²) in [6.07, 6.45) is 6.21. The number of carbonyl (C=O) groups excluding carboxylic acids is 1. The van der Waals surface area contributed by atoms with Gasteiger partial charge in [0, 0.05) is 12.7 Å². The van der Waals surface area contributed by atoms with Crippen LogP contribution in [0, 0.1) is 0 Å². The number of hydrogen-bond acceptors (Lipinski definition) is 5. The Bertz CT molecular complexity index is 492. The molecule has 1 saturated heterocycles. The number of aromatic nitrogens is 1. The number of hydrazine groups is 1. The SMILES string of the molecule is NNc1ncccc1C(=O)N1CCOC2CCCCC21. The van der Waals surface area contributed by atoms with Crippen molar-refractivity contribution in [3.8, 4) is 0 Å². The van der Waals surface area contributed by atoms with E-state index < -0.39 is 0 Å². The molecule has 1 amide bonds. The molecule has 0 bridgehead atoms. The third kappa shape index (κ3) is 2.36. The molecule has 1 aliphatic heterocycles. The minimum absolute atomic E-state index is 0.00810. The molecule has 1 saturated carbocycles. The topological polar surface area (TPSA) is 80.5 Å². The Morgan fingerprint density at radius 3 is 3.15 bits per heavy atom. The molecule has 2 atom stereocenters. The van der Waals surface area contributed by atoms with Crippen LogP contribution in [0.5, 0.6) is 0 Å². The van der Waals surface area contributed by atoms with Crippen LogP contribution < -0.4 is 11.3 Å². The van der Waals surface area contributed by atoms with Gasteiger partial charge in [0.15, 0.2) is 5.82 Å². The zero-order chi connectivity index (χ0) is 13.9. The van der Waals surface area contributed by atoms with Crippen molar-refractivity contribution in [3.05, 3.63) is 23.9 Å². The third-order valence-corrected chi connectivity index (χ3v) is 4.17. The molecule has 20 heavy (non-hydrogen) atoms. The van der Waals surface area contributed by atoms with Gasteiger partial charge in [0.2, 0.25) is 0 Å². The average molecular weight is 276 g/mol. The average Bonchev–Trinajstić information content (AvgIpc) is 2.53. The smallest absolute Gasteiger partial charge is 0.258 e. The van der Waals surface area contributed by atoms with Crippen molar-refractivity contribution in [3.63, 3.8) is 0 Å². The summed E-state index contributed by atoms with van der Waals surface area (Å²) in [6, 6.07) is 3.71. The molecule has 2 aliphatic rings. The lowest BCUT2D eigenvalue weighted by atomic mass is 9.89. The zero-order valence-electron chi connectivity index (χ0n) is 11.4. The van der Waals surface area contributed by atoms with Gasteiger partial charge in [-0.05, 0) is 25.0 Å². The molecule has 1 aromatic heterocycles. The summed E-state index contributed by atoms with van der Waals surface area (Å²) < 4.78 is 5.80. The first-order valence-electron chi connectivity index (χ1n) is 7.15. The summed E-state index contributed by atoms with van der Waals surface area (Å²) in [4.78, 5) is 18.8. The number of nitrogens with zero attached hydrogens (tertiary/aromatic N) is 2. The van der Waals surface area contributed by atoms with Crippen molar-refractivity contribution < 1.29 is 9.53 Å². The molecule has 2 unspecified atom stereocenters. The standard InChI is InChI=1S/C14H20N4O2/c15-17-13-10(4-3-7-16-13)14(19)18-8-9-20-12-6-2-1-5-11(12)18/h3-4,7,11-12H,1-2,5-6,8-9,15H2,(H,16,17). The number of carbonyl (C=O) groups is 1. The van der Waals surface area contributed by atoms with Gasteiger partial charge < -0.3 is 15.1 Å². The fourth-order valence-corrected chi connectivity index (χ4v) is 3.20. The second kappa shape index (κ2) is 5.76. The first-order chi connectivity index (χ1) is 9.81. The molecule has 6 heteroatoms. The molecule has 108 valence electrons. The van der Waals surface area contributed by atoms with Gasteiger partial charge in [-0.3, -0.25) is 4.79 Å². The fraction of sp³-hybridized carbons (Fsp3) is 0.571. The number of pyridine rings is 1. The van der Waals surface area contributed by atoms with E-state index in [9.17, 15) is 4.79 Å². The van der Waals surface area contributed by atoms with Crippen molar-refractivity contribution >= 4 is 11.7 Å². The Morgan fingerprint density at radius 2 is 2.30 bits per heavy atom. The zero-order valence-corrected chi connectivity index (χ0v) is 11.4. The number of morpholine rings is 1. The van der Waals surface area contributed by atoms with Gasteiger partial charge in [-0.2, -0.15) is 0 Å². The third-order valence-electron chi connectivity index (χ3n) is 4.17. The molecule has 1 aromatic rings. The fourth-order valence-electron chi connectivity index (χ4n) is 3.20. The number of nitrogens with two attached hydrogens (primary N) is 1. The molecule has 3 rings (SSSR count). The summed E-state index contributed by atoms with van der Waals surface area (Å²) in [7, 11) is 0. The van der Waals surface area contributed by atoms with Crippen LogP contribution in [0.3, 0.4) is 0 Å². The Kier molecular flexibility index (Phi) is 3.84. The summed E-state index contributed by atoms with van der Waals surface area (Å²) in [5, 5.41) is 0. The molecule has 1 aliphatic carbocycles. The van der Waals surface area contributed by atoms with Gasteiger partial charge in [0.1, 0.15) is 0 Å².